The molecule has 0 aromatic heterocycles. The van der Waals surface area contributed by atoms with Gasteiger partial charge in [0, 0.05) is 9.61 Å². The maximum Gasteiger partial charge on any atom is 0.255 e. The first-order valence-corrected chi connectivity index (χ1v) is 5.52. The van der Waals surface area contributed by atoms with Gasteiger partial charge in [0.05, 0.1) is 12.2 Å². The van der Waals surface area contributed by atoms with Crippen LogP contribution in [0, 0.1) is 3.57 Å². The van der Waals surface area contributed by atoms with E-state index in [1.165, 1.54) is 6.07 Å². The minimum atomic E-state index is -0.382. The van der Waals surface area contributed by atoms with Crippen molar-refractivity contribution in [1.82, 2.24) is 5.32 Å². The van der Waals surface area contributed by atoms with Gasteiger partial charge < -0.3 is 15.5 Å². The van der Waals surface area contributed by atoms with Gasteiger partial charge >= 0.3 is 0 Å². The van der Waals surface area contributed by atoms with Crippen LogP contribution in [0.4, 0.5) is 0 Å². The van der Waals surface area contributed by atoms with E-state index in [2.05, 4.69) is 27.9 Å². The topological polar surface area (TPSA) is 69.6 Å². The van der Waals surface area contributed by atoms with E-state index >= 15 is 0 Å². The van der Waals surface area contributed by atoms with E-state index in [-0.39, 0.29) is 29.9 Å². The normalized spacial score (nSPS) is 12.2. The van der Waals surface area contributed by atoms with Crippen molar-refractivity contribution in [2.75, 3.05) is 6.61 Å². The summed E-state index contributed by atoms with van der Waals surface area (Å²) in [7, 11) is 0. The second-order valence-corrected chi connectivity index (χ2v) is 4.46. The number of carbonyl (C=O) groups excluding carboxylic acids is 1. The fourth-order valence-corrected chi connectivity index (χ4v) is 1.53. The van der Waals surface area contributed by atoms with Crippen molar-refractivity contribution in [3.8, 4) is 5.75 Å². The summed E-state index contributed by atoms with van der Waals surface area (Å²) in [4.78, 5) is 11.6. The zero-order valence-corrected chi connectivity index (χ0v) is 10.4. The number of phenols is 1. The highest BCUT2D eigenvalue weighted by atomic mass is 127. The summed E-state index contributed by atoms with van der Waals surface area (Å²) in [6, 6.07) is 4.45. The summed E-state index contributed by atoms with van der Waals surface area (Å²) in [5, 5.41) is 20.8. The molecular weight excluding hydrogens is 309 g/mol. The number of nitrogens with one attached hydrogen (secondary N) is 1. The van der Waals surface area contributed by atoms with Crippen LogP contribution in [0.5, 0.6) is 5.75 Å². The van der Waals surface area contributed by atoms with Gasteiger partial charge in [-0.1, -0.05) is 0 Å². The average molecular weight is 321 g/mol. The molecule has 5 heteroatoms. The van der Waals surface area contributed by atoms with Gasteiger partial charge in [-0.05, 0) is 47.7 Å². The summed E-state index contributed by atoms with van der Waals surface area (Å²) < 4.78 is 0.868. The number of carbonyl (C=O) groups is 1. The molecule has 4 nitrogen and oxygen atoms in total. The van der Waals surface area contributed by atoms with Gasteiger partial charge in [0.15, 0.2) is 0 Å². The van der Waals surface area contributed by atoms with Crippen LogP contribution in [0.2, 0.25) is 0 Å². The Balaban J connectivity index is 2.86. The smallest absolute Gasteiger partial charge is 0.255 e. The number of hydrogen-bond donors (Lipinski definition) is 3. The van der Waals surface area contributed by atoms with Crippen LogP contribution in [-0.2, 0) is 0 Å². The number of rotatable bonds is 3. The summed E-state index contributed by atoms with van der Waals surface area (Å²) in [6.45, 7) is 1.55. The number of hydrogen-bond acceptors (Lipinski definition) is 3. The van der Waals surface area contributed by atoms with Gasteiger partial charge in [-0.2, -0.15) is 0 Å². The molecule has 0 heterocycles. The van der Waals surface area contributed by atoms with Crippen LogP contribution in [0.25, 0.3) is 0 Å². The molecule has 3 N–H and O–H groups in total. The Hall–Kier alpha value is -0.820. The van der Waals surface area contributed by atoms with Gasteiger partial charge in [0.1, 0.15) is 5.75 Å². The van der Waals surface area contributed by atoms with Crippen molar-refractivity contribution >= 4 is 28.5 Å². The Labute approximate surface area is 101 Å². The van der Waals surface area contributed by atoms with E-state index in [0.717, 1.165) is 3.57 Å². The van der Waals surface area contributed by atoms with Gasteiger partial charge in [-0.15, -0.1) is 0 Å². The molecule has 0 aliphatic heterocycles. The fraction of sp³-hybridized carbons (Fsp3) is 0.300. The quantitative estimate of drug-likeness (QED) is 0.731. The first kappa shape index (κ1) is 12.3. The third kappa shape index (κ3) is 3.35. The number of phenolic OH excluding ortho intramolecular Hbond substituents is 1. The molecule has 0 saturated heterocycles. The molecule has 0 saturated carbocycles. The lowest BCUT2D eigenvalue weighted by molar-refractivity contribution is 0.0919. The third-order valence-electron chi connectivity index (χ3n) is 1.85. The highest BCUT2D eigenvalue weighted by Crippen LogP contribution is 2.19. The summed E-state index contributed by atoms with van der Waals surface area (Å²) in [5.41, 5.74) is 0.224. The largest absolute Gasteiger partial charge is 0.507 e. The monoisotopic (exact) mass is 321 g/mol. The van der Waals surface area contributed by atoms with Crippen molar-refractivity contribution in [2.45, 2.75) is 13.0 Å². The molecule has 0 spiro atoms. The third-order valence-corrected chi connectivity index (χ3v) is 2.53. The number of aliphatic hydroxyl groups excluding tert-OH is 1. The summed E-state index contributed by atoms with van der Waals surface area (Å²) in [5.74, 6) is -0.439. The molecule has 0 bridgehead atoms. The highest BCUT2D eigenvalue weighted by molar-refractivity contribution is 14.1. The number of amides is 1. The van der Waals surface area contributed by atoms with Crippen LogP contribution >= 0.6 is 22.6 Å². The van der Waals surface area contributed by atoms with Crippen molar-refractivity contribution in [3.05, 3.63) is 27.3 Å². The molecule has 1 atom stereocenters. The summed E-state index contributed by atoms with van der Waals surface area (Å²) >= 11 is 2.06. The second kappa shape index (κ2) is 5.32. The molecular formula is C10H12INO3. The molecule has 0 aliphatic carbocycles. The average Bonchev–Trinajstić information content (AvgIpc) is 2.21. The van der Waals surface area contributed by atoms with Gasteiger partial charge in [0.2, 0.25) is 0 Å². The predicted octanol–water partition coefficient (Wildman–Crippen LogP) is 1.11. The molecule has 1 aromatic rings. The van der Waals surface area contributed by atoms with Crippen LogP contribution < -0.4 is 5.32 Å². The molecule has 1 amide bonds. The molecule has 0 radical (unpaired) electrons. The lowest BCUT2D eigenvalue weighted by Gasteiger charge is -2.11. The Morgan fingerprint density at radius 2 is 2.27 bits per heavy atom. The Morgan fingerprint density at radius 1 is 1.60 bits per heavy atom. The Morgan fingerprint density at radius 3 is 2.87 bits per heavy atom. The van der Waals surface area contributed by atoms with Crippen molar-refractivity contribution in [1.29, 1.82) is 0 Å². The first-order valence-electron chi connectivity index (χ1n) is 4.45. The van der Waals surface area contributed by atoms with E-state index in [0.29, 0.717) is 0 Å². The maximum atomic E-state index is 11.6. The van der Waals surface area contributed by atoms with E-state index in [4.69, 9.17) is 5.11 Å². The predicted molar refractivity (Wildman–Crippen MR) is 64.8 cm³/mol. The molecule has 82 valence electrons. The Bertz CT molecular complexity index is 368. The molecule has 0 fully saturated rings. The van der Waals surface area contributed by atoms with Crippen LogP contribution in [0.15, 0.2) is 18.2 Å². The second-order valence-electron chi connectivity index (χ2n) is 3.22. The summed E-state index contributed by atoms with van der Waals surface area (Å²) in [6.07, 6.45) is 0. The van der Waals surface area contributed by atoms with Crippen LogP contribution in [-0.4, -0.2) is 28.8 Å². The number of halogens is 1. The van der Waals surface area contributed by atoms with Crippen LogP contribution in [0.3, 0.4) is 0 Å². The highest BCUT2D eigenvalue weighted by Gasteiger charge is 2.13. The van der Waals surface area contributed by atoms with E-state index in [1.54, 1.807) is 19.1 Å². The van der Waals surface area contributed by atoms with Crippen molar-refractivity contribution < 1.29 is 15.0 Å². The van der Waals surface area contributed by atoms with Gasteiger partial charge in [-0.3, -0.25) is 4.79 Å². The number of aliphatic hydroxyl groups is 1. The van der Waals surface area contributed by atoms with Gasteiger partial charge in [-0.25, -0.2) is 0 Å². The number of benzene rings is 1. The SMILES string of the molecule is C[C@H](CO)NC(=O)c1cc(I)ccc1O. The molecule has 15 heavy (non-hydrogen) atoms. The van der Waals surface area contributed by atoms with Gasteiger partial charge in [0.25, 0.3) is 5.91 Å². The lowest BCUT2D eigenvalue weighted by atomic mass is 10.2. The van der Waals surface area contributed by atoms with E-state index in [1.807, 2.05) is 0 Å². The minimum absolute atomic E-state index is 0.0574. The van der Waals surface area contributed by atoms with Crippen LogP contribution in [0.1, 0.15) is 17.3 Å². The first-order chi connectivity index (χ1) is 7.04. The standard InChI is InChI=1S/C10H12INO3/c1-6(5-13)12-10(15)8-4-7(11)2-3-9(8)14/h2-4,6,13-14H,5H2,1H3,(H,12,15)/t6-/m1/s1. The zero-order valence-electron chi connectivity index (χ0n) is 8.20. The van der Waals surface area contributed by atoms with Crippen molar-refractivity contribution in [3.63, 3.8) is 0 Å². The minimum Gasteiger partial charge on any atom is -0.507 e. The van der Waals surface area contributed by atoms with Crippen molar-refractivity contribution in [2.24, 2.45) is 0 Å². The molecule has 0 unspecified atom stereocenters. The molecule has 0 aliphatic rings. The number of aromatic hydroxyl groups is 1. The Kier molecular flexibility index (Phi) is 4.34. The van der Waals surface area contributed by atoms with E-state index in [9.17, 15) is 9.90 Å². The lowest BCUT2D eigenvalue weighted by Crippen LogP contribution is -2.35. The molecule has 1 aromatic carbocycles. The van der Waals surface area contributed by atoms with E-state index < -0.39 is 0 Å². The fourth-order valence-electron chi connectivity index (χ4n) is 1.04. The molecule has 1 rings (SSSR count). The zero-order chi connectivity index (χ0) is 11.4. The maximum absolute atomic E-state index is 11.6.